The topological polar surface area (TPSA) is 51.8 Å². The van der Waals surface area contributed by atoms with Crippen molar-refractivity contribution in [3.05, 3.63) is 164 Å². The Morgan fingerprint density at radius 3 is 2.04 bits per heavy atom. The summed E-state index contributed by atoms with van der Waals surface area (Å²) in [6.07, 6.45) is 1.82. The predicted octanol–water partition coefficient (Wildman–Crippen LogP) is 12.5. The molecule has 50 heavy (non-hydrogen) atoms. The summed E-state index contributed by atoms with van der Waals surface area (Å²) >= 11 is 1.84. The Kier molecular flexibility index (Phi) is 6.64. The fourth-order valence-electron chi connectivity index (χ4n) is 7.03. The summed E-state index contributed by atoms with van der Waals surface area (Å²) in [5.41, 5.74) is 10.4. The van der Waals surface area contributed by atoms with Crippen molar-refractivity contribution in [3.8, 4) is 56.3 Å². The van der Waals surface area contributed by atoms with Crippen molar-refractivity contribution in [1.29, 1.82) is 0 Å². The number of hydrogen-bond donors (Lipinski definition) is 0. The molecule has 0 amide bonds. The first-order valence-electron chi connectivity index (χ1n) is 16.6. The molecule has 10 aromatic rings. The van der Waals surface area contributed by atoms with E-state index in [1.165, 1.54) is 25.7 Å². The van der Waals surface area contributed by atoms with Crippen molar-refractivity contribution in [2.24, 2.45) is 0 Å². The molecule has 0 unspecified atom stereocenters. The average molecular weight is 658 g/mol. The number of rotatable bonds is 5. The average Bonchev–Trinajstić information content (AvgIpc) is 3.77. The van der Waals surface area contributed by atoms with Crippen LogP contribution in [0.3, 0.4) is 0 Å². The van der Waals surface area contributed by atoms with E-state index < -0.39 is 0 Å². The van der Waals surface area contributed by atoms with Crippen LogP contribution >= 0.6 is 11.3 Å². The van der Waals surface area contributed by atoms with Crippen molar-refractivity contribution >= 4 is 53.4 Å². The number of pyridine rings is 1. The lowest BCUT2D eigenvalue weighted by Gasteiger charge is -2.12. The van der Waals surface area contributed by atoms with Gasteiger partial charge in [0.25, 0.3) is 0 Å². The summed E-state index contributed by atoms with van der Waals surface area (Å²) in [7, 11) is 0. The molecule has 6 aromatic carbocycles. The van der Waals surface area contributed by atoms with Crippen LogP contribution in [-0.4, -0.2) is 15.0 Å². The van der Waals surface area contributed by atoms with Crippen LogP contribution in [0.15, 0.2) is 168 Å². The molecule has 0 spiro atoms. The minimum Gasteiger partial charge on any atom is -0.455 e. The van der Waals surface area contributed by atoms with Gasteiger partial charge in [0.15, 0.2) is 5.82 Å². The number of para-hydroxylation sites is 1. The lowest BCUT2D eigenvalue weighted by molar-refractivity contribution is 0.670. The highest BCUT2D eigenvalue weighted by molar-refractivity contribution is 7.26. The van der Waals surface area contributed by atoms with Gasteiger partial charge in [-0.15, -0.1) is 11.3 Å². The molecule has 0 bridgehead atoms. The van der Waals surface area contributed by atoms with Crippen molar-refractivity contribution < 1.29 is 4.42 Å². The second-order valence-electron chi connectivity index (χ2n) is 12.4. The van der Waals surface area contributed by atoms with Crippen LogP contribution in [0.25, 0.3) is 98.4 Å². The number of thiophene rings is 1. The Balaban J connectivity index is 1.22. The summed E-state index contributed by atoms with van der Waals surface area (Å²) in [6, 6.07) is 54.6. The van der Waals surface area contributed by atoms with Crippen LogP contribution in [0, 0.1) is 0 Å². The molecule has 0 radical (unpaired) electrons. The Labute approximate surface area is 292 Å². The van der Waals surface area contributed by atoms with E-state index in [2.05, 4.69) is 114 Å². The normalized spacial score (nSPS) is 11.6. The van der Waals surface area contributed by atoms with Gasteiger partial charge in [0.05, 0.1) is 17.1 Å². The monoisotopic (exact) mass is 657 g/mol. The van der Waals surface area contributed by atoms with Crippen LogP contribution in [0.1, 0.15) is 0 Å². The molecule has 4 nitrogen and oxygen atoms in total. The second-order valence-corrected chi connectivity index (χ2v) is 13.4. The Morgan fingerprint density at radius 2 is 1.16 bits per heavy atom. The third kappa shape index (κ3) is 4.71. The molecule has 0 N–H and O–H groups in total. The summed E-state index contributed by atoms with van der Waals surface area (Å²) in [4.78, 5) is 14.9. The first kappa shape index (κ1) is 28.6. The van der Waals surface area contributed by atoms with Gasteiger partial charge in [-0.25, -0.2) is 9.97 Å². The Bertz CT molecular complexity index is 2870. The number of fused-ring (bicyclic) bond motifs is 6. The van der Waals surface area contributed by atoms with E-state index >= 15 is 0 Å². The first-order valence-corrected chi connectivity index (χ1v) is 17.4. The van der Waals surface area contributed by atoms with E-state index in [0.29, 0.717) is 5.82 Å². The third-order valence-corrected chi connectivity index (χ3v) is 10.6. The van der Waals surface area contributed by atoms with Crippen LogP contribution in [0.5, 0.6) is 0 Å². The first-order chi connectivity index (χ1) is 24.8. The zero-order chi connectivity index (χ0) is 33.0. The van der Waals surface area contributed by atoms with Gasteiger partial charge in [0.2, 0.25) is 0 Å². The van der Waals surface area contributed by atoms with E-state index in [9.17, 15) is 0 Å². The van der Waals surface area contributed by atoms with Gasteiger partial charge in [-0.1, -0.05) is 115 Å². The third-order valence-electron chi connectivity index (χ3n) is 9.37. The highest BCUT2D eigenvalue weighted by atomic mass is 32.1. The summed E-state index contributed by atoms with van der Waals surface area (Å²) < 4.78 is 9.33. The van der Waals surface area contributed by atoms with Crippen molar-refractivity contribution in [1.82, 2.24) is 15.0 Å². The summed E-state index contributed by atoms with van der Waals surface area (Å²) in [5, 5.41) is 4.72. The number of benzene rings is 6. The van der Waals surface area contributed by atoms with Gasteiger partial charge in [0.1, 0.15) is 11.2 Å². The maximum atomic E-state index is 6.77. The quantitative estimate of drug-likeness (QED) is 0.185. The summed E-state index contributed by atoms with van der Waals surface area (Å²) in [6.45, 7) is 0. The molecule has 234 valence electrons. The van der Waals surface area contributed by atoms with Gasteiger partial charge in [-0.2, -0.15) is 0 Å². The number of nitrogens with zero attached hydrogens (tertiary/aromatic N) is 3. The van der Waals surface area contributed by atoms with Gasteiger partial charge in [-0.05, 0) is 48.0 Å². The van der Waals surface area contributed by atoms with Gasteiger partial charge in [-0.3, -0.25) is 4.98 Å². The minimum atomic E-state index is 0.657. The molecule has 0 saturated heterocycles. The molecule has 5 heteroatoms. The van der Waals surface area contributed by atoms with E-state index in [-0.39, 0.29) is 0 Å². The number of aromatic nitrogens is 3. The molecule has 0 atom stereocenters. The van der Waals surface area contributed by atoms with E-state index in [4.69, 9.17) is 14.4 Å². The molecule has 0 saturated carbocycles. The molecule has 10 rings (SSSR count). The molecule has 0 fully saturated rings. The largest absolute Gasteiger partial charge is 0.455 e. The van der Waals surface area contributed by atoms with Crippen molar-refractivity contribution in [3.63, 3.8) is 0 Å². The fraction of sp³-hybridized carbons (Fsp3) is 0. The SMILES string of the molecule is c1ccc(-c2nc(-c3cccc(-c4ccccn4)c3)cc(-c3ccc(-c4cccc5c4sc4ccccc45)c4c3oc3ccccc34)n2)cc1. The lowest BCUT2D eigenvalue weighted by atomic mass is 9.94. The van der Waals surface area contributed by atoms with E-state index in [1.54, 1.807) is 0 Å². The molecular weight excluding hydrogens is 631 g/mol. The standard InChI is InChI=1S/C45H27N3OS/c1-2-12-28(13-3-1)45-47-38(30-15-10-14-29(26-30)37-20-8-9-25-46-37)27-39(48-45)35-24-23-32(42-36-17-4-6-21-40(36)49-43(35)42)34-19-11-18-33-31-16-5-7-22-41(31)50-44(33)34/h1-27H. The van der Waals surface area contributed by atoms with Crippen LogP contribution in [-0.2, 0) is 0 Å². The minimum absolute atomic E-state index is 0.657. The number of hydrogen-bond acceptors (Lipinski definition) is 5. The molecule has 0 aliphatic rings. The Hall–Kier alpha value is -6.43. The zero-order valence-corrected chi connectivity index (χ0v) is 27.6. The highest BCUT2D eigenvalue weighted by Crippen LogP contribution is 2.46. The molecule has 0 aliphatic carbocycles. The van der Waals surface area contributed by atoms with Crippen LogP contribution < -0.4 is 0 Å². The second kappa shape index (κ2) is 11.6. The lowest BCUT2D eigenvalue weighted by Crippen LogP contribution is -1.96. The maximum Gasteiger partial charge on any atom is 0.160 e. The van der Waals surface area contributed by atoms with Crippen LogP contribution in [0.4, 0.5) is 0 Å². The van der Waals surface area contributed by atoms with E-state index in [1.807, 2.05) is 66.1 Å². The Morgan fingerprint density at radius 1 is 0.460 bits per heavy atom. The fourth-order valence-corrected chi connectivity index (χ4v) is 8.26. The molecule has 4 aromatic heterocycles. The van der Waals surface area contributed by atoms with Crippen molar-refractivity contribution in [2.75, 3.05) is 0 Å². The van der Waals surface area contributed by atoms with Crippen molar-refractivity contribution in [2.45, 2.75) is 0 Å². The zero-order valence-electron chi connectivity index (χ0n) is 26.7. The van der Waals surface area contributed by atoms with Gasteiger partial charge < -0.3 is 4.42 Å². The van der Waals surface area contributed by atoms with Gasteiger partial charge in [0, 0.05) is 65.0 Å². The smallest absolute Gasteiger partial charge is 0.160 e. The molecule has 4 heterocycles. The molecular formula is C45H27N3OS. The number of furan rings is 1. The highest BCUT2D eigenvalue weighted by Gasteiger charge is 2.21. The van der Waals surface area contributed by atoms with Gasteiger partial charge >= 0.3 is 0 Å². The van der Waals surface area contributed by atoms with E-state index in [0.717, 1.165) is 66.8 Å². The summed E-state index contributed by atoms with van der Waals surface area (Å²) in [5.74, 6) is 0.657. The molecule has 0 aliphatic heterocycles. The van der Waals surface area contributed by atoms with Crippen LogP contribution in [0.2, 0.25) is 0 Å². The predicted molar refractivity (Wildman–Crippen MR) is 207 cm³/mol. The maximum absolute atomic E-state index is 6.77.